The van der Waals surface area contributed by atoms with E-state index in [1.54, 1.807) is 30.5 Å². The molecular weight excluding hydrogens is 424 g/mol. The fourth-order valence-electron chi connectivity index (χ4n) is 3.22. The van der Waals surface area contributed by atoms with Gasteiger partial charge in [-0.2, -0.15) is 0 Å². The zero-order valence-corrected chi connectivity index (χ0v) is 19.0. The third-order valence-corrected chi connectivity index (χ3v) is 6.25. The monoisotopic (exact) mass is 446 g/mol. The molecule has 30 heavy (non-hydrogen) atoms. The number of nitrogens with zero attached hydrogens (tertiary/aromatic N) is 3. The number of halogens is 1. The number of ether oxygens (including phenoxy) is 1. The van der Waals surface area contributed by atoms with Gasteiger partial charge in [0.15, 0.2) is 22.5 Å². The molecule has 1 N–H and O–H groups in total. The van der Waals surface area contributed by atoms with E-state index in [0.717, 1.165) is 0 Å². The van der Waals surface area contributed by atoms with Gasteiger partial charge in [0, 0.05) is 18.3 Å². The third-order valence-electron chi connectivity index (χ3n) is 4.81. The Balaban J connectivity index is 1.71. The molecule has 0 spiro atoms. The average molecular weight is 447 g/mol. The number of aryl methyl sites for hydroxylation is 1. The predicted molar refractivity (Wildman–Crippen MR) is 117 cm³/mol. The molecule has 0 aliphatic heterocycles. The Labute approximate surface area is 184 Å². The number of aromatic nitrogens is 4. The Hall–Kier alpha value is -2.58. The highest BCUT2D eigenvalue weighted by Crippen LogP contribution is 2.28. The Morgan fingerprint density at radius 1 is 1.27 bits per heavy atom. The molecule has 0 fully saturated rings. The maximum absolute atomic E-state index is 13.0. The van der Waals surface area contributed by atoms with Gasteiger partial charge < -0.3 is 14.3 Å². The van der Waals surface area contributed by atoms with Gasteiger partial charge in [-0.15, -0.1) is 10.2 Å². The highest BCUT2D eigenvalue weighted by atomic mass is 35.5. The van der Waals surface area contributed by atoms with Crippen LogP contribution in [0, 0.1) is 13.8 Å². The first-order valence-corrected chi connectivity index (χ1v) is 10.6. The van der Waals surface area contributed by atoms with Crippen molar-refractivity contribution >= 4 is 34.9 Å². The van der Waals surface area contributed by atoms with E-state index in [4.69, 9.17) is 16.3 Å². The molecule has 0 radical (unpaired) electrons. The lowest BCUT2D eigenvalue weighted by Gasteiger charge is -2.10. The van der Waals surface area contributed by atoms with Crippen molar-refractivity contribution in [3.05, 3.63) is 57.6 Å². The van der Waals surface area contributed by atoms with E-state index in [1.807, 2.05) is 26.1 Å². The largest absolute Gasteiger partial charge is 0.484 e. The topological polar surface area (TPSA) is 89.9 Å². The molecule has 0 amide bonds. The van der Waals surface area contributed by atoms with Gasteiger partial charge in [-0.05, 0) is 45.4 Å². The molecule has 9 heteroatoms. The number of carbonyl (C=O) groups excluding carboxylic acids is 2. The number of nitrogens with one attached hydrogen (secondary N) is 1. The summed E-state index contributed by atoms with van der Waals surface area (Å²) in [5.41, 5.74) is 2.43. The maximum Gasteiger partial charge on any atom is 0.192 e. The number of rotatable bonds is 8. The molecule has 2 heterocycles. The minimum Gasteiger partial charge on any atom is -0.484 e. The molecule has 0 aliphatic carbocycles. The molecule has 158 valence electrons. The normalized spacial score (nSPS) is 12.1. The van der Waals surface area contributed by atoms with Crippen LogP contribution in [-0.2, 0) is 13.7 Å². The second-order valence-electron chi connectivity index (χ2n) is 6.98. The van der Waals surface area contributed by atoms with Gasteiger partial charge in [-0.25, -0.2) is 0 Å². The van der Waals surface area contributed by atoms with Crippen molar-refractivity contribution in [1.82, 2.24) is 19.7 Å². The van der Waals surface area contributed by atoms with Crippen molar-refractivity contribution in [2.24, 2.45) is 7.05 Å². The molecule has 0 bridgehead atoms. The van der Waals surface area contributed by atoms with Crippen LogP contribution >= 0.6 is 23.4 Å². The summed E-state index contributed by atoms with van der Waals surface area (Å²) in [6.45, 7) is 7.10. The van der Waals surface area contributed by atoms with Gasteiger partial charge in [0.25, 0.3) is 0 Å². The van der Waals surface area contributed by atoms with E-state index in [9.17, 15) is 9.59 Å². The molecule has 1 atom stereocenters. The Morgan fingerprint density at radius 3 is 2.60 bits per heavy atom. The molecule has 3 rings (SSSR count). The van der Waals surface area contributed by atoms with Crippen LogP contribution in [0.1, 0.15) is 51.8 Å². The molecule has 0 saturated carbocycles. The zero-order chi connectivity index (χ0) is 22.0. The molecule has 7 nitrogen and oxygen atoms in total. The molecular formula is C21H23ClN4O3S. The van der Waals surface area contributed by atoms with E-state index in [-0.39, 0.29) is 18.2 Å². The SMILES string of the molecule is CC(=O)c1c(C)[nH]c(C(=O)C(C)Sc2nnc(COc3ccccc3Cl)n2C)c1C. The number of hydrogen-bond acceptors (Lipinski definition) is 6. The number of Topliss-reactive ketones (excluding diaryl/α,β-unsaturated/α-hetero) is 2. The number of thioether (sulfide) groups is 1. The van der Waals surface area contributed by atoms with E-state index in [0.29, 0.717) is 44.3 Å². The molecule has 1 unspecified atom stereocenters. The van der Waals surface area contributed by atoms with Crippen molar-refractivity contribution in [3.8, 4) is 5.75 Å². The van der Waals surface area contributed by atoms with Crippen molar-refractivity contribution in [1.29, 1.82) is 0 Å². The summed E-state index contributed by atoms with van der Waals surface area (Å²) in [5.74, 6) is 1.03. The summed E-state index contributed by atoms with van der Waals surface area (Å²) in [7, 11) is 1.82. The lowest BCUT2D eigenvalue weighted by atomic mass is 10.0. The van der Waals surface area contributed by atoms with Gasteiger partial charge >= 0.3 is 0 Å². The number of carbonyl (C=O) groups is 2. The average Bonchev–Trinajstić information content (AvgIpc) is 3.19. The molecule has 0 saturated heterocycles. The standard InChI is InChI=1S/C21H23ClN4O3S/c1-11-18(13(3)27)12(2)23-19(11)20(28)14(4)30-21-25-24-17(26(21)5)10-29-16-9-7-6-8-15(16)22/h6-9,14,23H,10H2,1-5H3. The lowest BCUT2D eigenvalue weighted by molar-refractivity contribution is 0.0988. The van der Waals surface area contributed by atoms with Gasteiger partial charge in [0.1, 0.15) is 12.4 Å². The summed E-state index contributed by atoms with van der Waals surface area (Å²) in [5, 5.41) is 9.06. The van der Waals surface area contributed by atoms with E-state index in [2.05, 4.69) is 15.2 Å². The molecule has 0 aliphatic rings. The second-order valence-corrected chi connectivity index (χ2v) is 8.70. The van der Waals surface area contributed by atoms with Crippen LogP contribution in [0.2, 0.25) is 5.02 Å². The fraction of sp³-hybridized carbons (Fsp3) is 0.333. The van der Waals surface area contributed by atoms with E-state index >= 15 is 0 Å². The number of benzene rings is 1. The van der Waals surface area contributed by atoms with Gasteiger partial charge in [-0.3, -0.25) is 9.59 Å². The number of H-pyrrole nitrogens is 1. The number of para-hydroxylation sites is 1. The first kappa shape index (κ1) is 22.1. The molecule has 3 aromatic rings. The smallest absolute Gasteiger partial charge is 0.192 e. The zero-order valence-electron chi connectivity index (χ0n) is 17.4. The van der Waals surface area contributed by atoms with Crippen molar-refractivity contribution in [2.75, 3.05) is 0 Å². The Morgan fingerprint density at radius 2 is 1.97 bits per heavy atom. The summed E-state index contributed by atoms with van der Waals surface area (Å²) < 4.78 is 7.52. The van der Waals surface area contributed by atoms with Crippen molar-refractivity contribution < 1.29 is 14.3 Å². The number of aromatic amines is 1. The van der Waals surface area contributed by atoms with Gasteiger partial charge in [-0.1, -0.05) is 35.5 Å². The van der Waals surface area contributed by atoms with Crippen molar-refractivity contribution in [3.63, 3.8) is 0 Å². The van der Waals surface area contributed by atoms with Crippen LogP contribution < -0.4 is 4.74 Å². The fourth-order valence-corrected chi connectivity index (χ4v) is 4.30. The van der Waals surface area contributed by atoms with E-state index in [1.165, 1.54) is 18.7 Å². The van der Waals surface area contributed by atoms with Gasteiger partial charge in [0.05, 0.1) is 16.0 Å². The molecule has 2 aromatic heterocycles. The summed E-state index contributed by atoms with van der Waals surface area (Å²) >= 11 is 7.41. The minimum absolute atomic E-state index is 0.0583. The maximum atomic E-state index is 13.0. The van der Waals surface area contributed by atoms with Crippen LogP contribution in [0.5, 0.6) is 5.75 Å². The van der Waals surface area contributed by atoms with Crippen LogP contribution in [0.15, 0.2) is 29.4 Å². The summed E-state index contributed by atoms with van der Waals surface area (Å²) in [4.78, 5) is 27.9. The second kappa shape index (κ2) is 9.06. The van der Waals surface area contributed by atoms with Crippen LogP contribution in [-0.4, -0.2) is 36.6 Å². The van der Waals surface area contributed by atoms with Crippen LogP contribution in [0.4, 0.5) is 0 Å². The predicted octanol–water partition coefficient (Wildman–Crippen LogP) is 4.56. The first-order chi connectivity index (χ1) is 14.2. The third kappa shape index (κ3) is 4.44. The van der Waals surface area contributed by atoms with Crippen LogP contribution in [0.25, 0.3) is 0 Å². The quantitative estimate of drug-likeness (QED) is 0.403. The summed E-state index contributed by atoms with van der Waals surface area (Å²) in [6, 6.07) is 7.21. The minimum atomic E-state index is -0.415. The Kier molecular flexibility index (Phi) is 6.67. The molecule has 1 aromatic carbocycles. The lowest BCUT2D eigenvalue weighted by Crippen LogP contribution is -2.16. The van der Waals surface area contributed by atoms with E-state index < -0.39 is 5.25 Å². The highest BCUT2D eigenvalue weighted by molar-refractivity contribution is 8.00. The number of hydrogen-bond donors (Lipinski definition) is 1. The first-order valence-electron chi connectivity index (χ1n) is 9.37. The van der Waals surface area contributed by atoms with Gasteiger partial charge in [0.2, 0.25) is 0 Å². The summed E-state index contributed by atoms with van der Waals surface area (Å²) in [6.07, 6.45) is 0. The Bertz CT molecular complexity index is 1110. The number of ketones is 2. The van der Waals surface area contributed by atoms with Crippen molar-refractivity contribution in [2.45, 2.75) is 44.7 Å². The highest BCUT2D eigenvalue weighted by Gasteiger charge is 2.25. The van der Waals surface area contributed by atoms with Crippen LogP contribution in [0.3, 0.4) is 0 Å².